The van der Waals surface area contributed by atoms with Gasteiger partial charge in [-0.3, -0.25) is 5.41 Å². The van der Waals surface area contributed by atoms with Crippen molar-refractivity contribution < 1.29 is 4.74 Å². The average Bonchev–Trinajstić information content (AvgIpc) is 2.24. The van der Waals surface area contributed by atoms with E-state index >= 15 is 0 Å². The maximum absolute atomic E-state index is 7.29. The van der Waals surface area contributed by atoms with E-state index in [1.165, 1.54) is 0 Å². The lowest BCUT2D eigenvalue weighted by atomic mass is 10.2. The van der Waals surface area contributed by atoms with Crippen LogP contribution in [0, 0.1) is 5.41 Å². The number of benzene rings is 1. The van der Waals surface area contributed by atoms with Crippen molar-refractivity contribution >= 4 is 29.2 Å². The fourth-order valence-electron chi connectivity index (χ4n) is 1.17. The van der Waals surface area contributed by atoms with Crippen LogP contribution in [-0.4, -0.2) is 23.9 Å². The Bertz CT molecular complexity index is 371. The Morgan fingerprint density at radius 2 is 2.31 bits per heavy atom. The lowest BCUT2D eigenvalue weighted by Crippen LogP contribution is -2.11. The van der Waals surface area contributed by atoms with Crippen molar-refractivity contribution in [2.45, 2.75) is 6.92 Å². The van der Waals surface area contributed by atoms with Crippen molar-refractivity contribution in [1.29, 1.82) is 5.41 Å². The highest BCUT2D eigenvalue weighted by Gasteiger charge is 2.04. The van der Waals surface area contributed by atoms with E-state index < -0.39 is 0 Å². The molecule has 0 heterocycles. The van der Waals surface area contributed by atoms with Crippen molar-refractivity contribution in [2.75, 3.05) is 18.1 Å². The molecule has 0 unspecified atom stereocenters. The van der Waals surface area contributed by atoms with Crippen LogP contribution in [0.3, 0.4) is 0 Å². The van der Waals surface area contributed by atoms with Gasteiger partial charge in [0.2, 0.25) is 0 Å². The molecule has 0 aliphatic heterocycles. The third kappa shape index (κ3) is 3.94. The zero-order valence-corrected chi connectivity index (χ0v) is 10.7. The highest BCUT2D eigenvalue weighted by atomic mass is 35.5. The van der Waals surface area contributed by atoms with Gasteiger partial charge in [0.15, 0.2) is 0 Å². The van der Waals surface area contributed by atoms with Crippen LogP contribution in [0.2, 0.25) is 5.02 Å². The zero-order chi connectivity index (χ0) is 12.0. The minimum atomic E-state index is -0.0295. The predicted octanol–water partition coefficient (Wildman–Crippen LogP) is 2.76. The van der Waals surface area contributed by atoms with Crippen LogP contribution in [0.4, 0.5) is 0 Å². The normalized spacial score (nSPS) is 10.1. The highest BCUT2D eigenvalue weighted by molar-refractivity contribution is 7.99. The molecule has 1 aromatic rings. The molecule has 0 amide bonds. The standard InChI is InChI=1S/C11H15ClN2OS/c1-2-16-6-5-15-8-3-4-9(11(13)14)10(12)7-8/h3-4,7H,2,5-6H2,1H3,(H3,13,14). The summed E-state index contributed by atoms with van der Waals surface area (Å²) < 4.78 is 5.51. The number of ether oxygens (including phenoxy) is 1. The van der Waals surface area contributed by atoms with Gasteiger partial charge in [-0.2, -0.15) is 11.8 Å². The Morgan fingerprint density at radius 1 is 1.56 bits per heavy atom. The first-order chi connectivity index (χ1) is 7.65. The number of nitrogen functional groups attached to an aromatic ring is 1. The summed E-state index contributed by atoms with van der Waals surface area (Å²) in [7, 11) is 0. The predicted molar refractivity (Wildman–Crippen MR) is 71.0 cm³/mol. The number of nitrogens with two attached hydrogens (primary N) is 1. The summed E-state index contributed by atoms with van der Waals surface area (Å²) in [5, 5.41) is 7.74. The number of hydrogen-bond acceptors (Lipinski definition) is 3. The molecule has 0 radical (unpaired) electrons. The first-order valence-electron chi connectivity index (χ1n) is 4.99. The Labute approximate surface area is 105 Å². The number of halogens is 1. The van der Waals surface area contributed by atoms with Gasteiger partial charge >= 0.3 is 0 Å². The molecule has 16 heavy (non-hydrogen) atoms. The molecule has 1 aromatic carbocycles. The Balaban J connectivity index is 2.56. The Hall–Kier alpha value is -0.870. The van der Waals surface area contributed by atoms with E-state index in [0.717, 1.165) is 11.5 Å². The van der Waals surface area contributed by atoms with Gasteiger partial charge in [-0.05, 0) is 24.0 Å². The summed E-state index contributed by atoms with van der Waals surface area (Å²) >= 11 is 7.79. The molecule has 0 aliphatic carbocycles. The molecule has 0 saturated heterocycles. The fourth-order valence-corrected chi connectivity index (χ4v) is 1.93. The van der Waals surface area contributed by atoms with Crippen LogP contribution in [0.5, 0.6) is 5.75 Å². The van der Waals surface area contributed by atoms with Crippen LogP contribution < -0.4 is 10.5 Å². The number of thioether (sulfide) groups is 1. The van der Waals surface area contributed by atoms with Crippen molar-refractivity contribution in [3.8, 4) is 5.75 Å². The number of amidine groups is 1. The molecule has 5 heteroatoms. The third-order valence-corrected chi connectivity index (χ3v) is 3.11. The summed E-state index contributed by atoms with van der Waals surface area (Å²) in [6, 6.07) is 5.17. The van der Waals surface area contributed by atoms with Crippen molar-refractivity contribution in [2.24, 2.45) is 5.73 Å². The summed E-state index contributed by atoms with van der Waals surface area (Å²) in [6.45, 7) is 2.78. The quantitative estimate of drug-likeness (QED) is 0.469. The third-order valence-electron chi connectivity index (χ3n) is 1.93. The first-order valence-corrected chi connectivity index (χ1v) is 6.53. The highest BCUT2D eigenvalue weighted by Crippen LogP contribution is 2.22. The van der Waals surface area contributed by atoms with E-state index in [1.807, 2.05) is 11.8 Å². The number of hydrogen-bond donors (Lipinski definition) is 2. The molecule has 1 rings (SSSR count). The van der Waals surface area contributed by atoms with Crippen LogP contribution in [0.15, 0.2) is 18.2 Å². The van der Waals surface area contributed by atoms with Crippen LogP contribution >= 0.6 is 23.4 Å². The van der Waals surface area contributed by atoms with Gasteiger partial charge in [0, 0.05) is 11.3 Å². The maximum Gasteiger partial charge on any atom is 0.124 e. The van der Waals surface area contributed by atoms with E-state index in [9.17, 15) is 0 Å². The van der Waals surface area contributed by atoms with Gasteiger partial charge < -0.3 is 10.5 Å². The molecular formula is C11H15ClN2OS. The minimum Gasteiger partial charge on any atom is -0.493 e. The van der Waals surface area contributed by atoms with E-state index in [0.29, 0.717) is 22.9 Å². The van der Waals surface area contributed by atoms with Crippen molar-refractivity contribution in [3.63, 3.8) is 0 Å². The van der Waals surface area contributed by atoms with Gasteiger partial charge in [-0.15, -0.1) is 0 Å². The molecule has 0 bridgehead atoms. The smallest absolute Gasteiger partial charge is 0.124 e. The van der Waals surface area contributed by atoms with E-state index in [-0.39, 0.29) is 5.84 Å². The zero-order valence-electron chi connectivity index (χ0n) is 9.13. The molecule has 3 nitrogen and oxygen atoms in total. The van der Waals surface area contributed by atoms with Gasteiger partial charge in [-0.1, -0.05) is 18.5 Å². The van der Waals surface area contributed by atoms with E-state index in [2.05, 4.69) is 6.92 Å². The SMILES string of the molecule is CCSCCOc1ccc(C(=N)N)c(Cl)c1. The summed E-state index contributed by atoms with van der Waals surface area (Å²) in [5.41, 5.74) is 5.90. The molecule has 0 aromatic heterocycles. The molecule has 88 valence electrons. The van der Waals surface area contributed by atoms with Gasteiger partial charge in [-0.25, -0.2) is 0 Å². The molecular weight excluding hydrogens is 244 g/mol. The van der Waals surface area contributed by atoms with Crippen molar-refractivity contribution in [1.82, 2.24) is 0 Å². The topological polar surface area (TPSA) is 59.1 Å². The molecule has 0 aliphatic rings. The molecule has 0 fully saturated rings. The second kappa shape index (κ2) is 6.66. The van der Waals surface area contributed by atoms with Crippen LogP contribution in [-0.2, 0) is 0 Å². The summed E-state index contributed by atoms with van der Waals surface area (Å²) in [4.78, 5) is 0. The van der Waals surface area contributed by atoms with E-state index in [4.69, 9.17) is 27.5 Å². The minimum absolute atomic E-state index is 0.0295. The van der Waals surface area contributed by atoms with E-state index in [1.54, 1.807) is 18.2 Å². The molecule has 3 N–H and O–H groups in total. The molecule has 0 saturated carbocycles. The molecule has 0 spiro atoms. The summed E-state index contributed by atoms with van der Waals surface area (Å²) in [5.74, 6) is 2.74. The lowest BCUT2D eigenvalue weighted by Gasteiger charge is -2.08. The second-order valence-electron chi connectivity index (χ2n) is 3.10. The van der Waals surface area contributed by atoms with Crippen LogP contribution in [0.25, 0.3) is 0 Å². The lowest BCUT2D eigenvalue weighted by molar-refractivity contribution is 0.344. The Morgan fingerprint density at radius 3 is 2.88 bits per heavy atom. The monoisotopic (exact) mass is 258 g/mol. The average molecular weight is 259 g/mol. The number of rotatable bonds is 6. The number of nitrogens with one attached hydrogen (secondary N) is 1. The maximum atomic E-state index is 7.29. The van der Waals surface area contributed by atoms with Gasteiger partial charge in [0.05, 0.1) is 11.6 Å². The Kier molecular flexibility index (Phi) is 5.49. The molecule has 0 atom stereocenters. The fraction of sp³-hybridized carbons (Fsp3) is 0.364. The largest absolute Gasteiger partial charge is 0.493 e. The van der Waals surface area contributed by atoms with Crippen molar-refractivity contribution in [3.05, 3.63) is 28.8 Å². The van der Waals surface area contributed by atoms with Gasteiger partial charge in [0.25, 0.3) is 0 Å². The van der Waals surface area contributed by atoms with Crippen LogP contribution in [0.1, 0.15) is 12.5 Å². The van der Waals surface area contributed by atoms with Gasteiger partial charge in [0.1, 0.15) is 11.6 Å². The first kappa shape index (κ1) is 13.2. The second-order valence-corrected chi connectivity index (χ2v) is 4.90. The summed E-state index contributed by atoms with van der Waals surface area (Å²) in [6.07, 6.45) is 0.